The average molecular weight is 286 g/mol. The first-order valence-corrected chi connectivity index (χ1v) is 7.23. The highest BCUT2D eigenvalue weighted by molar-refractivity contribution is 7.89. The van der Waals surface area contributed by atoms with Crippen LogP contribution in [-0.2, 0) is 10.0 Å². The number of nitrogens with two attached hydrogens (primary N) is 1. The molecule has 0 atom stereocenters. The summed E-state index contributed by atoms with van der Waals surface area (Å²) in [6.45, 7) is 9.07. The Labute approximate surface area is 113 Å². The maximum Gasteiger partial charge on any atom is 0.243 e. The molecule has 0 aromatic heterocycles. The zero-order valence-electron chi connectivity index (χ0n) is 11.4. The Morgan fingerprint density at radius 2 is 2.00 bits per heavy atom. The molecule has 106 valence electrons. The third-order valence-corrected chi connectivity index (χ3v) is 4.73. The molecule has 0 aliphatic rings. The average Bonchev–Trinajstić information content (AvgIpc) is 2.27. The van der Waals surface area contributed by atoms with Crippen LogP contribution >= 0.6 is 0 Å². The van der Waals surface area contributed by atoms with Gasteiger partial charge in [-0.1, -0.05) is 6.08 Å². The van der Waals surface area contributed by atoms with Crippen LogP contribution in [0.25, 0.3) is 0 Å². The fourth-order valence-corrected chi connectivity index (χ4v) is 3.45. The molecule has 1 rings (SSSR count). The van der Waals surface area contributed by atoms with Crippen molar-refractivity contribution in [3.05, 3.63) is 36.7 Å². The zero-order valence-corrected chi connectivity index (χ0v) is 12.2. The summed E-state index contributed by atoms with van der Waals surface area (Å²) < 4.78 is 39.5. The molecule has 0 saturated carbocycles. The molecule has 0 amide bonds. The largest absolute Gasteiger partial charge is 0.396 e. The van der Waals surface area contributed by atoms with Gasteiger partial charge in [-0.05, 0) is 39.0 Å². The summed E-state index contributed by atoms with van der Waals surface area (Å²) in [4.78, 5) is -0.0248. The molecule has 2 N–H and O–H groups in total. The Kier molecular flexibility index (Phi) is 4.37. The Bertz CT molecular complexity index is 577. The lowest BCUT2D eigenvalue weighted by Crippen LogP contribution is -2.45. The van der Waals surface area contributed by atoms with Crippen molar-refractivity contribution in [3.8, 4) is 0 Å². The van der Waals surface area contributed by atoms with E-state index in [2.05, 4.69) is 6.58 Å². The number of sulfonamides is 1. The second-order valence-electron chi connectivity index (χ2n) is 5.18. The molecule has 1 aromatic carbocycles. The Hall–Kier alpha value is -1.40. The van der Waals surface area contributed by atoms with Crippen LogP contribution in [0.5, 0.6) is 0 Å². The molecule has 0 bridgehead atoms. The second kappa shape index (κ2) is 5.30. The van der Waals surface area contributed by atoms with Crippen molar-refractivity contribution in [2.75, 3.05) is 12.3 Å². The smallest absolute Gasteiger partial charge is 0.243 e. The van der Waals surface area contributed by atoms with Crippen molar-refractivity contribution in [1.29, 1.82) is 0 Å². The predicted molar refractivity (Wildman–Crippen MR) is 74.7 cm³/mol. The molecule has 0 spiro atoms. The molecule has 0 heterocycles. The van der Waals surface area contributed by atoms with Gasteiger partial charge in [0.1, 0.15) is 5.82 Å². The van der Waals surface area contributed by atoms with E-state index in [4.69, 9.17) is 5.73 Å². The van der Waals surface area contributed by atoms with Crippen LogP contribution in [0.4, 0.5) is 10.1 Å². The number of benzene rings is 1. The monoisotopic (exact) mass is 286 g/mol. The topological polar surface area (TPSA) is 63.4 Å². The van der Waals surface area contributed by atoms with Crippen LogP contribution in [0, 0.1) is 5.82 Å². The standard InChI is InChI=1S/C13H19FN2O2S/c1-5-8-16(13(2,3)4)19(17,18)10-6-7-11(14)12(15)9-10/h5-7,9H,1,8,15H2,2-4H3. The summed E-state index contributed by atoms with van der Waals surface area (Å²) >= 11 is 0. The summed E-state index contributed by atoms with van der Waals surface area (Å²) in [6, 6.07) is 3.40. The number of nitrogens with zero attached hydrogens (tertiary/aromatic N) is 1. The number of hydrogen-bond acceptors (Lipinski definition) is 3. The van der Waals surface area contributed by atoms with E-state index in [-0.39, 0.29) is 17.1 Å². The molecule has 0 unspecified atom stereocenters. The lowest BCUT2D eigenvalue weighted by atomic mass is 10.1. The van der Waals surface area contributed by atoms with Gasteiger partial charge in [0.05, 0.1) is 10.6 Å². The minimum atomic E-state index is -3.74. The van der Waals surface area contributed by atoms with Gasteiger partial charge in [-0.2, -0.15) is 4.31 Å². The van der Waals surface area contributed by atoms with Gasteiger partial charge in [-0.25, -0.2) is 12.8 Å². The minimum absolute atomic E-state index is 0.0248. The molecule has 0 aliphatic heterocycles. The summed E-state index contributed by atoms with van der Waals surface area (Å²) in [7, 11) is -3.74. The first-order chi connectivity index (χ1) is 8.60. The van der Waals surface area contributed by atoms with Crippen LogP contribution < -0.4 is 5.73 Å². The van der Waals surface area contributed by atoms with Crippen LogP contribution in [0.15, 0.2) is 35.7 Å². The molecule has 19 heavy (non-hydrogen) atoms. The third-order valence-electron chi connectivity index (χ3n) is 2.60. The maximum absolute atomic E-state index is 13.1. The highest BCUT2D eigenvalue weighted by Gasteiger charge is 2.33. The van der Waals surface area contributed by atoms with Crippen molar-refractivity contribution >= 4 is 15.7 Å². The Morgan fingerprint density at radius 3 is 2.42 bits per heavy atom. The summed E-state index contributed by atoms with van der Waals surface area (Å²) in [5.74, 6) is -0.634. The summed E-state index contributed by atoms with van der Waals surface area (Å²) in [5, 5.41) is 0. The van der Waals surface area contributed by atoms with Gasteiger partial charge >= 0.3 is 0 Å². The molecule has 0 fully saturated rings. The van der Waals surface area contributed by atoms with Crippen molar-refractivity contribution in [2.45, 2.75) is 31.2 Å². The lowest BCUT2D eigenvalue weighted by molar-refractivity contribution is 0.270. The second-order valence-corrected chi connectivity index (χ2v) is 7.04. The molecular weight excluding hydrogens is 267 g/mol. The van der Waals surface area contributed by atoms with Crippen LogP contribution in [-0.4, -0.2) is 24.8 Å². The van der Waals surface area contributed by atoms with Crippen LogP contribution in [0.3, 0.4) is 0 Å². The Morgan fingerprint density at radius 1 is 1.42 bits per heavy atom. The fraction of sp³-hybridized carbons (Fsp3) is 0.385. The minimum Gasteiger partial charge on any atom is -0.396 e. The van der Waals surface area contributed by atoms with Crippen molar-refractivity contribution in [1.82, 2.24) is 4.31 Å². The number of nitrogen functional groups attached to an aromatic ring is 1. The molecule has 4 nitrogen and oxygen atoms in total. The van der Waals surface area contributed by atoms with E-state index < -0.39 is 21.4 Å². The fourth-order valence-electron chi connectivity index (χ4n) is 1.66. The molecule has 0 saturated heterocycles. The first-order valence-electron chi connectivity index (χ1n) is 5.79. The molecule has 1 aromatic rings. The normalized spacial score (nSPS) is 12.7. The van der Waals surface area contributed by atoms with E-state index in [1.165, 1.54) is 16.4 Å². The van der Waals surface area contributed by atoms with Crippen LogP contribution in [0.1, 0.15) is 20.8 Å². The van der Waals surface area contributed by atoms with Crippen molar-refractivity contribution < 1.29 is 12.8 Å². The summed E-state index contributed by atoms with van der Waals surface area (Å²) in [6.07, 6.45) is 1.51. The molecular formula is C13H19FN2O2S. The van der Waals surface area contributed by atoms with Gasteiger partial charge in [0.2, 0.25) is 10.0 Å². The van der Waals surface area contributed by atoms with E-state index in [1.807, 2.05) is 0 Å². The van der Waals surface area contributed by atoms with Gasteiger partial charge in [-0.3, -0.25) is 0 Å². The Balaban J connectivity index is 3.34. The van der Waals surface area contributed by atoms with E-state index >= 15 is 0 Å². The van der Waals surface area contributed by atoms with Gasteiger partial charge in [0.25, 0.3) is 0 Å². The maximum atomic E-state index is 13.1. The van der Waals surface area contributed by atoms with Crippen molar-refractivity contribution in [2.24, 2.45) is 0 Å². The first kappa shape index (κ1) is 15.7. The number of anilines is 1. The molecule has 6 heteroatoms. The van der Waals surface area contributed by atoms with E-state index in [9.17, 15) is 12.8 Å². The zero-order chi connectivity index (χ0) is 14.8. The molecule has 0 aliphatic carbocycles. The predicted octanol–water partition coefficient (Wildman–Crippen LogP) is 2.38. The van der Waals surface area contributed by atoms with Gasteiger partial charge in [0.15, 0.2) is 0 Å². The van der Waals surface area contributed by atoms with E-state index in [1.54, 1.807) is 20.8 Å². The van der Waals surface area contributed by atoms with E-state index in [0.717, 1.165) is 12.1 Å². The van der Waals surface area contributed by atoms with Gasteiger partial charge < -0.3 is 5.73 Å². The lowest BCUT2D eigenvalue weighted by Gasteiger charge is -2.33. The number of halogens is 1. The number of rotatable bonds is 4. The SMILES string of the molecule is C=CCN(C(C)(C)C)S(=O)(=O)c1ccc(F)c(N)c1. The van der Waals surface area contributed by atoms with E-state index in [0.29, 0.717) is 0 Å². The van der Waals surface area contributed by atoms with Crippen molar-refractivity contribution in [3.63, 3.8) is 0 Å². The van der Waals surface area contributed by atoms with Gasteiger partial charge in [0, 0.05) is 12.1 Å². The molecule has 0 radical (unpaired) electrons. The highest BCUT2D eigenvalue weighted by atomic mass is 32.2. The van der Waals surface area contributed by atoms with Gasteiger partial charge in [-0.15, -0.1) is 6.58 Å². The highest BCUT2D eigenvalue weighted by Crippen LogP contribution is 2.26. The third kappa shape index (κ3) is 3.33. The summed E-state index contributed by atoms with van der Waals surface area (Å²) in [5.41, 5.74) is 4.62. The number of hydrogen-bond donors (Lipinski definition) is 1. The van der Waals surface area contributed by atoms with Crippen LogP contribution in [0.2, 0.25) is 0 Å². The quantitative estimate of drug-likeness (QED) is 0.683.